The van der Waals surface area contributed by atoms with Gasteiger partial charge in [-0.2, -0.15) is 5.10 Å². The molecule has 1 aliphatic rings. The van der Waals surface area contributed by atoms with Crippen molar-refractivity contribution in [2.24, 2.45) is 5.41 Å². The molecular weight excluding hydrogens is 326 g/mol. The Labute approximate surface area is 152 Å². The lowest BCUT2D eigenvalue weighted by atomic mass is 10.1. The molecule has 5 heteroatoms. The van der Waals surface area contributed by atoms with E-state index in [0.717, 1.165) is 24.1 Å². The van der Waals surface area contributed by atoms with E-state index in [1.54, 1.807) is 10.9 Å². The number of aromatic nitrogens is 2. The molecule has 0 saturated heterocycles. The zero-order valence-corrected chi connectivity index (χ0v) is 14.4. The van der Waals surface area contributed by atoms with E-state index < -0.39 is 0 Å². The molecule has 3 aromatic rings. The molecule has 0 spiro atoms. The first-order valence-electron chi connectivity index (χ1n) is 8.80. The Kier molecular flexibility index (Phi) is 4.31. The molecule has 132 valence electrons. The topological polar surface area (TPSA) is 67.2 Å². The quantitative estimate of drug-likeness (QED) is 0.720. The summed E-state index contributed by atoms with van der Waals surface area (Å²) < 4.78 is 1.73. The van der Waals surface area contributed by atoms with E-state index in [1.165, 1.54) is 0 Å². The van der Waals surface area contributed by atoms with Gasteiger partial charge in [0.15, 0.2) is 0 Å². The average molecular weight is 347 g/mol. The van der Waals surface area contributed by atoms with Crippen LogP contribution in [-0.2, 0) is 0 Å². The van der Waals surface area contributed by atoms with Crippen molar-refractivity contribution in [2.45, 2.75) is 12.8 Å². The summed E-state index contributed by atoms with van der Waals surface area (Å²) in [7, 11) is 0. The number of hydrogen-bond acceptors (Lipinski definition) is 3. The van der Waals surface area contributed by atoms with Gasteiger partial charge in [0.2, 0.25) is 0 Å². The van der Waals surface area contributed by atoms with E-state index in [4.69, 9.17) is 0 Å². The molecule has 2 aromatic carbocycles. The summed E-state index contributed by atoms with van der Waals surface area (Å²) in [5.41, 5.74) is 2.86. The number of para-hydroxylation sites is 1. The first-order valence-corrected chi connectivity index (χ1v) is 8.80. The number of aliphatic hydroxyl groups is 1. The van der Waals surface area contributed by atoms with Crippen LogP contribution in [0.4, 0.5) is 0 Å². The third-order valence-corrected chi connectivity index (χ3v) is 4.94. The normalized spacial score (nSPS) is 14.8. The summed E-state index contributed by atoms with van der Waals surface area (Å²) in [6.45, 7) is 0.606. The average Bonchev–Trinajstić information content (AvgIpc) is 3.36. The Balaban J connectivity index is 1.67. The highest BCUT2D eigenvalue weighted by Gasteiger charge is 2.42. The Morgan fingerprint density at radius 3 is 2.35 bits per heavy atom. The Bertz CT molecular complexity index is 900. The summed E-state index contributed by atoms with van der Waals surface area (Å²) >= 11 is 0. The number of aliphatic hydroxyl groups excluding tert-OH is 1. The second kappa shape index (κ2) is 6.77. The van der Waals surface area contributed by atoms with Crippen LogP contribution in [0.5, 0.6) is 0 Å². The maximum absolute atomic E-state index is 12.8. The summed E-state index contributed by atoms with van der Waals surface area (Å²) in [6, 6.07) is 19.4. The van der Waals surface area contributed by atoms with Crippen LogP contribution < -0.4 is 5.32 Å². The van der Waals surface area contributed by atoms with Crippen LogP contribution >= 0.6 is 0 Å². The molecule has 1 aromatic heterocycles. The van der Waals surface area contributed by atoms with Crippen LogP contribution in [0.3, 0.4) is 0 Å². The molecule has 0 bridgehead atoms. The molecule has 4 rings (SSSR count). The lowest BCUT2D eigenvalue weighted by Gasteiger charge is -2.12. The van der Waals surface area contributed by atoms with E-state index in [2.05, 4.69) is 10.4 Å². The lowest BCUT2D eigenvalue weighted by molar-refractivity contribution is 0.0936. The van der Waals surface area contributed by atoms with Crippen molar-refractivity contribution in [3.63, 3.8) is 0 Å². The first kappa shape index (κ1) is 16.5. The van der Waals surface area contributed by atoms with Gasteiger partial charge in [0.25, 0.3) is 5.91 Å². The third-order valence-electron chi connectivity index (χ3n) is 4.94. The Hall–Kier alpha value is -2.92. The highest BCUT2D eigenvalue weighted by atomic mass is 16.3. The molecule has 1 heterocycles. The highest BCUT2D eigenvalue weighted by molar-refractivity contribution is 6.00. The number of amides is 1. The molecule has 0 unspecified atom stereocenters. The molecule has 26 heavy (non-hydrogen) atoms. The largest absolute Gasteiger partial charge is 0.396 e. The zero-order valence-electron chi connectivity index (χ0n) is 14.4. The van der Waals surface area contributed by atoms with Crippen LogP contribution in [0.1, 0.15) is 23.2 Å². The van der Waals surface area contributed by atoms with Gasteiger partial charge in [0, 0.05) is 23.7 Å². The number of nitrogens with zero attached hydrogens (tertiary/aromatic N) is 2. The molecule has 1 fully saturated rings. The van der Waals surface area contributed by atoms with Crippen LogP contribution in [0, 0.1) is 5.41 Å². The fraction of sp³-hybridized carbons (Fsp3) is 0.238. The Morgan fingerprint density at radius 1 is 1.08 bits per heavy atom. The summed E-state index contributed by atoms with van der Waals surface area (Å²) in [6.07, 6.45) is 3.68. The molecule has 1 aliphatic carbocycles. The highest BCUT2D eigenvalue weighted by Crippen LogP contribution is 2.44. The molecular formula is C21H21N3O2. The standard InChI is InChI=1S/C21H21N3O2/c25-15-21(11-12-21)14-22-20(26)18-13-24(17-9-5-2-6-10-17)23-19(18)16-7-3-1-4-8-16/h1-10,13,25H,11-12,14-15H2,(H,22,26). The van der Waals surface area contributed by atoms with Crippen LogP contribution in [0.25, 0.3) is 16.9 Å². The van der Waals surface area contributed by atoms with Gasteiger partial charge in [-0.15, -0.1) is 0 Å². The lowest BCUT2D eigenvalue weighted by Crippen LogP contribution is -2.31. The number of benzene rings is 2. The fourth-order valence-electron chi connectivity index (χ4n) is 2.99. The van der Waals surface area contributed by atoms with E-state index in [1.807, 2.05) is 60.7 Å². The third kappa shape index (κ3) is 3.26. The van der Waals surface area contributed by atoms with Gasteiger partial charge in [-0.1, -0.05) is 48.5 Å². The van der Waals surface area contributed by atoms with E-state index in [9.17, 15) is 9.90 Å². The second-order valence-corrected chi connectivity index (χ2v) is 6.88. The minimum Gasteiger partial charge on any atom is -0.396 e. The Morgan fingerprint density at radius 2 is 1.73 bits per heavy atom. The number of hydrogen-bond donors (Lipinski definition) is 2. The molecule has 0 aliphatic heterocycles. The molecule has 0 atom stereocenters. The van der Waals surface area contributed by atoms with Gasteiger partial charge in [0.1, 0.15) is 5.69 Å². The molecule has 2 N–H and O–H groups in total. The summed E-state index contributed by atoms with van der Waals surface area (Å²) in [5, 5.41) is 17.1. The van der Waals surface area contributed by atoms with Crippen molar-refractivity contribution in [1.82, 2.24) is 15.1 Å². The van der Waals surface area contributed by atoms with Gasteiger partial charge in [-0.25, -0.2) is 4.68 Å². The number of nitrogens with one attached hydrogen (secondary N) is 1. The van der Waals surface area contributed by atoms with Gasteiger partial charge >= 0.3 is 0 Å². The monoisotopic (exact) mass is 347 g/mol. The van der Waals surface area contributed by atoms with Gasteiger partial charge in [-0.05, 0) is 25.0 Å². The van der Waals surface area contributed by atoms with Crippen LogP contribution in [0.15, 0.2) is 66.9 Å². The number of carbonyl (C=O) groups is 1. The first-order chi connectivity index (χ1) is 12.7. The molecule has 5 nitrogen and oxygen atoms in total. The fourth-order valence-corrected chi connectivity index (χ4v) is 2.99. The van der Waals surface area contributed by atoms with E-state index >= 15 is 0 Å². The molecule has 0 radical (unpaired) electrons. The van der Waals surface area contributed by atoms with Crippen molar-refractivity contribution in [3.05, 3.63) is 72.4 Å². The van der Waals surface area contributed by atoms with Crippen molar-refractivity contribution in [1.29, 1.82) is 0 Å². The van der Waals surface area contributed by atoms with Crippen molar-refractivity contribution in [3.8, 4) is 16.9 Å². The van der Waals surface area contributed by atoms with Crippen LogP contribution in [0.2, 0.25) is 0 Å². The number of carbonyl (C=O) groups excluding carboxylic acids is 1. The smallest absolute Gasteiger partial charge is 0.255 e. The van der Waals surface area contributed by atoms with Gasteiger partial charge < -0.3 is 10.4 Å². The maximum Gasteiger partial charge on any atom is 0.255 e. The van der Waals surface area contributed by atoms with Crippen molar-refractivity contribution < 1.29 is 9.90 Å². The minimum absolute atomic E-state index is 0.113. The van der Waals surface area contributed by atoms with Gasteiger partial charge in [0.05, 0.1) is 17.9 Å². The van der Waals surface area contributed by atoms with E-state index in [0.29, 0.717) is 17.8 Å². The van der Waals surface area contributed by atoms with Gasteiger partial charge in [-0.3, -0.25) is 4.79 Å². The molecule has 1 amide bonds. The van der Waals surface area contributed by atoms with Crippen molar-refractivity contribution in [2.75, 3.05) is 13.2 Å². The summed E-state index contributed by atoms with van der Waals surface area (Å²) in [5.74, 6) is -0.161. The predicted molar refractivity (Wildman–Crippen MR) is 100 cm³/mol. The number of rotatable bonds is 6. The van der Waals surface area contributed by atoms with Crippen LogP contribution in [-0.4, -0.2) is 33.9 Å². The zero-order chi connectivity index (χ0) is 18.0. The van der Waals surface area contributed by atoms with Crippen molar-refractivity contribution >= 4 is 5.91 Å². The second-order valence-electron chi connectivity index (χ2n) is 6.88. The maximum atomic E-state index is 12.8. The molecule has 1 saturated carbocycles. The summed E-state index contributed by atoms with van der Waals surface area (Å²) in [4.78, 5) is 12.8. The predicted octanol–water partition coefficient (Wildman–Crippen LogP) is 3.04. The van der Waals surface area contributed by atoms with E-state index in [-0.39, 0.29) is 17.9 Å². The minimum atomic E-state index is -0.161. The SMILES string of the molecule is O=C(NCC1(CO)CC1)c1cn(-c2ccccc2)nc1-c1ccccc1.